The molecule has 7 aliphatic rings. The largest absolute Gasteiger partial charge is 0.508 e. The highest BCUT2D eigenvalue weighted by Crippen LogP contribution is 2.54. The van der Waals surface area contributed by atoms with E-state index in [-0.39, 0.29) is 95.5 Å². The van der Waals surface area contributed by atoms with Crippen LogP contribution in [0.15, 0.2) is 127 Å². The quantitative estimate of drug-likeness (QED) is 0.0576. The van der Waals surface area contributed by atoms with Gasteiger partial charge < -0.3 is 56.3 Å². The lowest BCUT2D eigenvalue weighted by atomic mass is 9.61. The van der Waals surface area contributed by atoms with Crippen LogP contribution in [0.4, 0.5) is 5.69 Å². The van der Waals surface area contributed by atoms with Crippen LogP contribution in [0.1, 0.15) is 173 Å². The van der Waals surface area contributed by atoms with E-state index in [1.54, 1.807) is 18.2 Å². The maximum Gasteiger partial charge on any atom is 0.173 e. The van der Waals surface area contributed by atoms with Crippen LogP contribution in [0.2, 0.25) is 0 Å². The van der Waals surface area contributed by atoms with Crippen molar-refractivity contribution in [2.75, 3.05) is 32.1 Å². The van der Waals surface area contributed by atoms with E-state index in [9.17, 15) is 35.4 Å². The molecule has 95 heavy (non-hydrogen) atoms. The monoisotopic (exact) mass is 1280 g/mol. The molecule has 0 saturated heterocycles. The molecule has 10 N–H and O–H groups in total. The number of aromatic hydroxyl groups is 3. The fraction of sp³-hybridized carbons (Fsp3) is 0.488. The second kappa shape index (κ2) is 28.5. The zero-order valence-corrected chi connectivity index (χ0v) is 55.7. The second-order valence-corrected chi connectivity index (χ2v) is 29.4. The third kappa shape index (κ3) is 13.7. The van der Waals surface area contributed by atoms with Crippen LogP contribution >= 0.6 is 0 Å². The first-order valence-electron chi connectivity index (χ1n) is 35.5. The van der Waals surface area contributed by atoms with Gasteiger partial charge in [-0.3, -0.25) is 9.59 Å². The molecule has 0 radical (unpaired) electrons. The summed E-state index contributed by atoms with van der Waals surface area (Å²) in [5.74, 6) is 13.4. The lowest BCUT2D eigenvalue weighted by Crippen LogP contribution is -2.48. The van der Waals surface area contributed by atoms with Crippen LogP contribution in [0.25, 0.3) is 10.8 Å². The summed E-state index contributed by atoms with van der Waals surface area (Å²) < 4.78 is 5.74. The van der Waals surface area contributed by atoms with Crippen molar-refractivity contribution in [1.82, 2.24) is 15.6 Å². The molecule has 15 unspecified atom stereocenters. The fourth-order valence-corrected chi connectivity index (χ4v) is 18.4. The summed E-state index contributed by atoms with van der Waals surface area (Å²) in [5.41, 5.74) is 8.70. The molecule has 13 rings (SSSR count). The molecule has 498 valence electrons. The average molecular weight is 1280 g/mol. The highest BCUT2D eigenvalue weighted by atomic mass is 16.5. The number of β-amino-alcohol motifs (C(OH)–C–C–N with tert-alkyl or cyclic N) is 1. The smallest absolute Gasteiger partial charge is 0.173 e. The Balaban J connectivity index is 1.03. The molecular formula is C82H96N4O9. The van der Waals surface area contributed by atoms with E-state index in [1.165, 1.54) is 7.11 Å². The number of ketones is 2. The number of dihydropyridines is 1. The Hall–Kier alpha value is -7.78. The number of aromatic amines is 1. The number of hydrogen-bond acceptors (Lipinski definition) is 12. The van der Waals surface area contributed by atoms with Crippen LogP contribution in [0, 0.1) is 76.9 Å². The zero-order chi connectivity index (χ0) is 66.1. The molecule has 3 fully saturated rings. The molecule has 6 aromatic rings. The van der Waals surface area contributed by atoms with Gasteiger partial charge in [-0.05, 0) is 210 Å². The van der Waals surface area contributed by atoms with Gasteiger partial charge >= 0.3 is 0 Å². The number of aryl methyl sites for hydroxylation is 1. The molecule has 3 saturated carbocycles. The van der Waals surface area contributed by atoms with Crippen molar-refractivity contribution in [2.24, 2.45) is 53.3 Å². The van der Waals surface area contributed by atoms with E-state index >= 15 is 4.79 Å². The zero-order valence-electron chi connectivity index (χ0n) is 55.7. The number of anilines is 1. The first kappa shape index (κ1) is 65.9. The van der Waals surface area contributed by atoms with Gasteiger partial charge in [0, 0.05) is 85.0 Å². The number of aliphatic hydroxyl groups excluding tert-OH is 3. The van der Waals surface area contributed by atoms with Gasteiger partial charge in [-0.1, -0.05) is 125 Å². The predicted molar refractivity (Wildman–Crippen MR) is 373 cm³/mol. The van der Waals surface area contributed by atoms with Crippen molar-refractivity contribution >= 4 is 28.0 Å². The van der Waals surface area contributed by atoms with Gasteiger partial charge in [0.15, 0.2) is 29.2 Å². The van der Waals surface area contributed by atoms with E-state index in [1.807, 2.05) is 42.5 Å². The number of aliphatic hydroxyl groups is 3. The average Bonchev–Trinajstić information content (AvgIpc) is 1.75. The highest BCUT2D eigenvalue weighted by molar-refractivity contribution is 6.06. The first-order chi connectivity index (χ1) is 46.1. The molecule has 2 aliphatic heterocycles. The molecule has 13 nitrogen and oxygen atoms in total. The Labute approximate surface area is 560 Å². The first-order valence-corrected chi connectivity index (χ1v) is 35.5. The number of ether oxygens (including phenoxy) is 1. The Morgan fingerprint density at radius 2 is 1.56 bits per heavy atom. The summed E-state index contributed by atoms with van der Waals surface area (Å²) >= 11 is 0. The SMILES string of the molecule is CCCC1C2CC3CC4C#CC(c5cc(O)c(OC)cc5CCC(=O)C(O)C(=O)C4C2)c2ccccc2C2CC(C)C(Cc4cccc(O)c4)C(C#CCC3C3=CCNC(=C3)Nc3ccc4ccc(c(O)c4c3)CC(O)CNCC(C)c3c[nH]c(c3)C3(CCCCC3)C1O)C2. The highest BCUT2D eigenvalue weighted by Gasteiger charge is 2.51. The molecule has 13 bridgehead atoms. The molecule has 5 aliphatic carbocycles. The summed E-state index contributed by atoms with van der Waals surface area (Å²) in [7, 11) is 1.51. The number of carbonyl (C=O) groups excluding carboxylic acids is 2. The van der Waals surface area contributed by atoms with Gasteiger partial charge in [0.25, 0.3) is 0 Å². The maximum atomic E-state index is 15.9. The van der Waals surface area contributed by atoms with Gasteiger partial charge in [-0.15, -0.1) is 5.92 Å². The third-order valence-electron chi connectivity index (χ3n) is 23.5. The number of fused-ring (bicyclic) bond motifs is 16. The number of carbonyl (C=O) groups is 2. The number of methoxy groups -OCH3 is 1. The molecule has 3 heterocycles. The van der Waals surface area contributed by atoms with Crippen molar-refractivity contribution < 1.29 is 45.0 Å². The van der Waals surface area contributed by atoms with E-state index < -0.39 is 53.0 Å². The summed E-state index contributed by atoms with van der Waals surface area (Å²) in [6.45, 7) is 8.15. The van der Waals surface area contributed by atoms with Crippen LogP contribution in [-0.4, -0.2) is 92.2 Å². The van der Waals surface area contributed by atoms with Crippen LogP contribution < -0.4 is 20.7 Å². The number of rotatable bonds is 5. The topological polar surface area (TPSA) is 217 Å². The molecule has 1 aromatic heterocycles. The van der Waals surface area contributed by atoms with E-state index in [2.05, 4.69) is 120 Å². The minimum Gasteiger partial charge on any atom is -0.508 e. The fourth-order valence-electron chi connectivity index (χ4n) is 18.4. The van der Waals surface area contributed by atoms with Crippen molar-refractivity contribution in [1.29, 1.82) is 0 Å². The van der Waals surface area contributed by atoms with E-state index in [0.717, 1.165) is 119 Å². The van der Waals surface area contributed by atoms with Gasteiger partial charge in [0.2, 0.25) is 0 Å². The Kier molecular flexibility index (Phi) is 19.8. The Morgan fingerprint density at radius 1 is 0.737 bits per heavy atom. The number of aromatic nitrogens is 1. The van der Waals surface area contributed by atoms with E-state index in [4.69, 9.17) is 4.74 Å². The number of allylic oxidation sites excluding steroid dienone is 2. The van der Waals surface area contributed by atoms with Crippen molar-refractivity contribution in [3.05, 3.63) is 171 Å². The third-order valence-corrected chi connectivity index (χ3v) is 23.5. The summed E-state index contributed by atoms with van der Waals surface area (Å²) in [4.78, 5) is 34.5. The maximum absolute atomic E-state index is 15.9. The van der Waals surface area contributed by atoms with Crippen molar-refractivity contribution in [3.63, 3.8) is 0 Å². The van der Waals surface area contributed by atoms with Crippen molar-refractivity contribution in [2.45, 2.75) is 171 Å². The lowest BCUT2D eigenvalue weighted by molar-refractivity contribution is -0.142. The lowest BCUT2D eigenvalue weighted by Gasteiger charge is -2.46. The standard InChI is InChI=1S/C82H96N4O9/c1-5-13-66-59-37-58-36-53-23-26-68(70-44-74(90)75(95-4)40-54(70)24-27-73(89)80(93)79(92)71(53)39-59)67-18-8-7-17-65(67)57-32-48(2)69(34-50-14-11-16-62(87)33-50)52(35-57)15-12-19-64(58)55-28-31-84-77(42-55)86-61-25-22-51-20-21-56(78(91)72(51)43-61)38-63(88)47-83-45-49(3)60-41-76(85-46-60)82(81(66)94)29-9-6-10-30-82/h7-8,11,14,16-18,20-22,25,28,33,40-44,46,48-49,52-53,57-59,63-64,66,68-69,71,80-81,83-88,90-91,93-94H,5-6,9-10,13,19,24,27,29-32,34-39,45,47H2,1-4H3. The Morgan fingerprint density at radius 3 is 2.37 bits per heavy atom. The number of Topliss-reactive ketones (excluding diaryl/α,β-unsaturated/α-hetero) is 2. The van der Waals surface area contributed by atoms with E-state index in [0.29, 0.717) is 62.7 Å². The predicted octanol–water partition coefficient (Wildman–Crippen LogP) is 13.3. The number of benzene rings is 5. The van der Waals surface area contributed by atoms with Gasteiger partial charge in [-0.2, -0.15) is 0 Å². The van der Waals surface area contributed by atoms with Gasteiger partial charge in [0.05, 0.1) is 25.2 Å². The number of phenols is 3. The molecule has 13 heteroatoms. The number of H-pyrrole nitrogens is 1. The molecule has 15 atom stereocenters. The van der Waals surface area contributed by atoms with Crippen LogP contribution in [0.5, 0.6) is 23.0 Å². The summed E-state index contributed by atoms with van der Waals surface area (Å²) in [6.07, 6.45) is 13.7. The van der Waals surface area contributed by atoms with Crippen LogP contribution in [-0.2, 0) is 34.3 Å². The molecule has 0 amide bonds. The van der Waals surface area contributed by atoms with Crippen LogP contribution in [0.3, 0.4) is 0 Å². The minimum absolute atomic E-state index is 0.0434. The minimum atomic E-state index is -1.90. The number of phenolic OH excluding ortho intramolecular Hbond substituents is 3. The molecule has 5 aromatic carbocycles. The second-order valence-electron chi connectivity index (χ2n) is 29.4. The van der Waals surface area contributed by atoms with Gasteiger partial charge in [0.1, 0.15) is 17.3 Å². The molecular weight excluding hydrogens is 1180 g/mol. The van der Waals surface area contributed by atoms with Crippen molar-refractivity contribution in [3.8, 4) is 46.7 Å². The van der Waals surface area contributed by atoms with Gasteiger partial charge in [-0.25, -0.2) is 0 Å². The molecule has 1 spiro atoms. The Bertz CT molecular complexity index is 4000. The summed E-state index contributed by atoms with van der Waals surface area (Å²) in [6, 6.07) is 31.9. The summed E-state index contributed by atoms with van der Waals surface area (Å²) in [5, 5.41) is 84.9. The normalized spacial score (nSPS) is 30.3. The number of hydrogen-bond donors (Lipinski definition) is 10. The number of nitrogens with one attached hydrogen (secondary N) is 4.